The van der Waals surface area contributed by atoms with E-state index < -0.39 is 21.3 Å². The first-order chi connectivity index (χ1) is 11.0. The van der Waals surface area contributed by atoms with Crippen LogP contribution in [0.3, 0.4) is 0 Å². The van der Waals surface area contributed by atoms with E-state index >= 15 is 0 Å². The Morgan fingerprint density at radius 1 is 0.760 bits per heavy atom. The van der Waals surface area contributed by atoms with Crippen molar-refractivity contribution >= 4 is 28.0 Å². The van der Waals surface area contributed by atoms with Crippen molar-refractivity contribution in [1.82, 2.24) is 0 Å². The molecule has 0 heterocycles. The van der Waals surface area contributed by atoms with E-state index in [4.69, 9.17) is 0 Å². The molecule has 0 fully saturated rings. The third-order valence-corrected chi connectivity index (χ3v) is 13.3. The Morgan fingerprint density at radius 3 is 1.56 bits per heavy atom. The Kier molecular flexibility index (Phi) is 8.52. The van der Waals surface area contributed by atoms with Crippen LogP contribution in [0.2, 0.25) is 0 Å². The maximum atomic E-state index is 2.42. The number of rotatable bonds is 3. The SMILES string of the molecule is CC1=CC(C)=[C]([Zr]([C]2=C(C)C=C(C)C2)=[C](C)c2ccccc2)C1.Cl.Cl. The Hall–Kier alpha value is -0.487. The molecule has 0 N–H and O–H groups in total. The van der Waals surface area contributed by atoms with E-state index in [0.29, 0.717) is 0 Å². The van der Waals surface area contributed by atoms with Gasteiger partial charge in [0.1, 0.15) is 0 Å². The van der Waals surface area contributed by atoms with Crippen molar-refractivity contribution in [2.75, 3.05) is 0 Å². The van der Waals surface area contributed by atoms with Crippen LogP contribution in [-0.4, -0.2) is 3.21 Å². The molecule has 1 aromatic carbocycles. The van der Waals surface area contributed by atoms with Gasteiger partial charge in [0.05, 0.1) is 0 Å². The van der Waals surface area contributed by atoms with Gasteiger partial charge in [-0.25, -0.2) is 0 Å². The first-order valence-electron chi connectivity index (χ1n) is 8.48. The van der Waals surface area contributed by atoms with Crippen LogP contribution in [0.4, 0.5) is 0 Å². The number of halogens is 2. The van der Waals surface area contributed by atoms with Gasteiger partial charge in [-0.05, 0) is 0 Å². The second-order valence-corrected chi connectivity index (χ2v) is 13.7. The Bertz CT molecular complexity index is 762. The van der Waals surface area contributed by atoms with Crippen LogP contribution in [0, 0.1) is 0 Å². The van der Waals surface area contributed by atoms with Gasteiger partial charge in [-0.3, -0.25) is 0 Å². The van der Waals surface area contributed by atoms with Gasteiger partial charge in [0.15, 0.2) is 0 Å². The topological polar surface area (TPSA) is 0 Å². The van der Waals surface area contributed by atoms with Crippen LogP contribution in [0.5, 0.6) is 0 Å². The summed E-state index contributed by atoms with van der Waals surface area (Å²) in [4.78, 5) is 0. The molecule has 2 aliphatic carbocycles. The number of hydrogen-bond acceptors (Lipinski definition) is 0. The average Bonchev–Trinajstić information content (AvgIpc) is 3.02. The molecule has 0 aromatic heterocycles. The molecule has 2 aliphatic rings. The molecule has 134 valence electrons. The quantitative estimate of drug-likeness (QED) is 0.464. The fraction of sp³-hybridized carbons (Fsp3) is 0.318. The average molecular weight is 455 g/mol. The predicted molar refractivity (Wildman–Crippen MR) is 113 cm³/mol. The smallest absolute Gasteiger partial charge is 0.147 e. The molecule has 0 spiro atoms. The first-order valence-corrected chi connectivity index (χ1v) is 12.2. The molecule has 0 atom stereocenters. The van der Waals surface area contributed by atoms with E-state index in [2.05, 4.69) is 77.1 Å². The molecule has 0 aliphatic heterocycles. The van der Waals surface area contributed by atoms with E-state index in [1.165, 1.54) is 29.6 Å². The zero-order valence-corrected chi connectivity index (χ0v) is 19.9. The summed E-state index contributed by atoms with van der Waals surface area (Å²) in [6, 6.07) is 11.1. The van der Waals surface area contributed by atoms with Crippen LogP contribution in [0.15, 0.2) is 71.3 Å². The molecule has 0 bridgehead atoms. The largest absolute Gasteiger partial charge is 0.147 e. The van der Waals surface area contributed by atoms with Crippen LogP contribution >= 0.6 is 24.8 Å². The zero-order chi connectivity index (χ0) is 16.6. The summed E-state index contributed by atoms with van der Waals surface area (Å²) >= 11 is -2.00. The van der Waals surface area contributed by atoms with Gasteiger partial charge in [0, 0.05) is 0 Å². The van der Waals surface area contributed by atoms with Gasteiger partial charge in [0.2, 0.25) is 0 Å². The van der Waals surface area contributed by atoms with Crippen LogP contribution < -0.4 is 0 Å². The number of hydrogen-bond donors (Lipinski definition) is 0. The molecule has 0 saturated carbocycles. The molecule has 3 rings (SSSR count). The third kappa shape index (κ3) is 4.82. The molecule has 0 radical (unpaired) electrons. The van der Waals surface area contributed by atoms with Crippen molar-refractivity contribution in [2.45, 2.75) is 47.5 Å². The fourth-order valence-electron chi connectivity index (χ4n) is 3.89. The summed E-state index contributed by atoms with van der Waals surface area (Å²) in [6.45, 7) is 11.6. The van der Waals surface area contributed by atoms with E-state index in [1.54, 1.807) is 20.9 Å². The molecule has 0 amide bonds. The van der Waals surface area contributed by atoms with Crippen LogP contribution in [0.25, 0.3) is 0 Å². The standard InChI is InChI=1S/C8H8.2C7H9.2ClH.Zr/c1-2-8-6-4-3-5-7-8;2*1-6-3-4-7(2)5-6;;;/h3-7H,1H3;2*5H,3H2,1-2H3;2*1H;. The molecule has 1 aromatic rings. The number of allylic oxidation sites excluding steroid dienone is 8. The monoisotopic (exact) mass is 452 g/mol. The summed E-state index contributed by atoms with van der Waals surface area (Å²) < 4.78 is 5.27. The molecule has 25 heavy (non-hydrogen) atoms. The van der Waals surface area contributed by atoms with E-state index in [9.17, 15) is 0 Å². The maximum absolute atomic E-state index is 2.42. The van der Waals surface area contributed by atoms with E-state index in [0.717, 1.165) is 0 Å². The molecule has 0 unspecified atom stereocenters. The van der Waals surface area contributed by atoms with Gasteiger partial charge in [-0.1, -0.05) is 0 Å². The Morgan fingerprint density at radius 2 is 1.20 bits per heavy atom. The van der Waals surface area contributed by atoms with Crippen molar-refractivity contribution in [2.24, 2.45) is 0 Å². The van der Waals surface area contributed by atoms with Gasteiger partial charge in [-0.15, -0.1) is 24.8 Å². The zero-order valence-electron chi connectivity index (χ0n) is 15.8. The molecule has 3 heteroatoms. The summed E-state index contributed by atoms with van der Waals surface area (Å²) in [6.07, 6.45) is 7.25. The van der Waals surface area contributed by atoms with Crippen molar-refractivity contribution in [3.63, 3.8) is 0 Å². The molecule has 0 nitrogen and oxygen atoms in total. The second-order valence-electron chi connectivity index (χ2n) is 7.02. The molecular formula is C22H28Cl2Zr. The Labute approximate surface area is 172 Å². The summed E-state index contributed by atoms with van der Waals surface area (Å²) in [7, 11) is 0. The van der Waals surface area contributed by atoms with Gasteiger partial charge in [0.25, 0.3) is 0 Å². The summed E-state index contributed by atoms with van der Waals surface area (Å²) in [5, 5.41) is 0. The maximum Gasteiger partial charge on any atom is -0.147 e. The molecule has 0 saturated heterocycles. The van der Waals surface area contributed by atoms with Crippen molar-refractivity contribution < 1.29 is 21.3 Å². The van der Waals surface area contributed by atoms with Gasteiger partial charge < -0.3 is 0 Å². The normalized spacial score (nSPS) is 16.2. The summed E-state index contributed by atoms with van der Waals surface area (Å²) in [5.41, 5.74) is 7.64. The second kappa shape index (κ2) is 9.45. The third-order valence-electron chi connectivity index (χ3n) is 4.97. The Balaban J connectivity index is 0.00000156. The first kappa shape index (κ1) is 22.6. The molecular weight excluding hydrogens is 426 g/mol. The van der Waals surface area contributed by atoms with Crippen molar-refractivity contribution in [1.29, 1.82) is 0 Å². The fourth-order valence-corrected chi connectivity index (χ4v) is 12.7. The van der Waals surface area contributed by atoms with Gasteiger partial charge in [-0.2, -0.15) is 0 Å². The minimum atomic E-state index is -2.00. The predicted octanol–water partition coefficient (Wildman–Crippen LogP) is 6.94. The van der Waals surface area contributed by atoms with Crippen molar-refractivity contribution in [3.8, 4) is 0 Å². The minimum Gasteiger partial charge on any atom is -0.147 e. The van der Waals surface area contributed by atoms with Crippen LogP contribution in [0.1, 0.15) is 53.0 Å². The van der Waals surface area contributed by atoms with Gasteiger partial charge >= 0.3 is 149 Å². The minimum absolute atomic E-state index is 0. The van der Waals surface area contributed by atoms with Crippen molar-refractivity contribution in [3.05, 3.63) is 76.9 Å². The van der Waals surface area contributed by atoms with E-state index in [1.807, 2.05) is 0 Å². The van der Waals surface area contributed by atoms with E-state index in [-0.39, 0.29) is 24.8 Å². The summed E-state index contributed by atoms with van der Waals surface area (Å²) in [5.74, 6) is 0. The van der Waals surface area contributed by atoms with Crippen LogP contribution in [-0.2, 0) is 21.3 Å². The number of benzene rings is 1.